The van der Waals surface area contributed by atoms with Crippen LogP contribution in [0.25, 0.3) is 11.1 Å². The second-order valence-electron chi connectivity index (χ2n) is 5.87. The van der Waals surface area contributed by atoms with Gasteiger partial charge in [-0.3, -0.25) is 9.52 Å². The van der Waals surface area contributed by atoms with E-state index in [0.29, 0.717) is 5.75 Å². The molecule has 146 valence electrons. The van der Waals surface area contributed by atoms with Gasteiger partial charge in [-0.05, 0) is 53.6 Å². The zero-order chi connectivity index (χ0) is 20.9. The van der Waals surface area contributed by atoms with E-state index in [9.17, 15) is 13.2 Å². The maximum Gasteiger partial charge on any atom is 0.267 e. The molecule has 3 aromatic carbocycles. The van der Waals surface area contributed by atoms with Crippen LogP contribution in [-0.2, 0) is 14.8 Å². The number of carbonyl (C=O) groups excluding carboxylic acids is 1. The maximum atomic E-state index is 12.3. The molecule has 0 heterocycles. The third kappa shape index (κ3) is 4.54. The Morgan fingerprint density at radius 3 is 2.38 bits per heavy atom. The van der Waals surface area contributed by atoms with E-state index in [-0.39, 0.29) is 22.6 Å². The molecule has 3 rings (SSSR count). The molecule has 0 unspecified atom stereocenters. The number of nitrogens with zero attached hydrogens (tertiary/aromatic N) is 1. The van der Waals surface area contributed by atoms with Crippen molar-refractivity contribution in [2.24, 2.45) is 0 Å². The molecular formula is C21H16N2O5S. The lowest BCUT2D eigenvalue weighted by Gasteiger charge is -2.12. The minimum Gasteiger partial charge on any atom is -0.497 e. The number of benzene rings is 3. The van der Waals surface area contributed by atoms with Gasteiger partial charge in [0.1, 0.15) is 22.1 Å². The Kier molecular flexibility index (Phi) is 5.81. The van der Waals surface area contributed by atoms with E-state index in [1.54, 1.807) is 30.0 Å². The highest BCUT2D eigenvalue weighted by atomic mass is 32.2. The maximum absolute atomic E-state index is 12.3. The molecule has 0 saturated heterocycles. The summed E-state index contributed by atoms with van der Waals surface area (Å²) in [6.45, 7) is 0. The highest BCUT2D eigenvalue weighted by Crippen LogP contribution is 2.32. The zero-order valence-electron chi connectivity index (χ0n) is 15.3. The average Bonchev–Trinajstić information content (AvgIpc) is 2.74. The first-order valence-corrected chi connectivity index (χ1v) is 9.87. The van der Waals surface area contributed by atoms with E-state index in [2.05, 4.69) is 0 Å². The molecule has 8 heteroatoms. The molecule has 1 amide bonds. The third-order valence-corrected chi connectivity index (χ3v) is 5.36. The van der Waals surface area contributed by atoms with Crippen molar-refractivity contribution in [1.82, 2.24) is 4.72 Å². The van der Waals surface area contributed by atoms with Gasteiger partial charge in [0.2, 0.25) is 6.41 Å². The van der Waals surface area contributed by atoms with Crippen LogP contribution in [-0.4, -0.2) is 21.9 Å². The summed E-state index contributed by atoms with van der Waals surface area (Å²) in [5, 5.41) is 9.05. The Hall–Kier alpha value is -3.83. The number of amides is 1. The normalized spacial score (nSPS) is 10.6. The van der Waals surface area contributed by atoms with E-state index >= 15 is 0 Å². The number of nitriles is 1. The Labute approximate surface area is 168 Å². The standard InChI is InChI=1S/C21H16N2O5S/c1-27-18-8-6-16(7-9-18)17-3-2-4-19(12-17)28-20-10-5-15(13-22)11-21(20)29(25,26)23-14-24/h2-12,14H,1H3,(H,23,24). The minimum absolute atomic E-state index is 0.00905. The predicted molar refractivity (Wildman–Crippen MR) is 106 cm³/mol. The number of hydrogen-bond donors (Lipinski definition) is 1. The zero-order valence-corrected chi connectivity index (χ0v) is 16.1. The largest absolute Gasteiger partial charge is 0.497 e. The highest BCUT2D eigenvalue weighted by Gasteiger charge is 2.20. The van der Waals surface area contributed by atoms with Crippen LogP contribution in [0.5, 0.6) is 17.2 Å². The summed E-state index contributed by atoms with van der Waals surface area (Å²) in [6.07, 6.45) is 0.0580. The van der Waals surface area contributed by atoms with Gasteiger partial charge in [-0.1, -0.05) is 24.3 Å². The molecule has 0 radical (unpaired) electrons. The Morgan fingerprint density at radius 2 is 1.72 bits per heavy atom. The molecule has 0 bridgehead atoms. The molecule has 1 N–H and O–H groups in total. The van der Waals surface area contributed by atoms with Gasteiger partial charge in [0.05, 0.1) is 18.7 Å². The van der Waals surface area contributed by atoms with E-state index < -0.39 is 10.0 Å². The van der Waals surface area contributed by atoms with Gasteiger partial charge in [-0.15, -0.1) is 0 Å². The van der Waals surface area contributed by atoms with Crippen molar-refractivity contribution in [3.63, 3.8) is 0 Å². The van der Waals surface area contributed by atoms with Gasteiger partial charge in [0.15, 0.2) is 0 Å². The number of sulfonamides is 1. The monoisotopic (exact) mass is 408 g/mol. The van der Waals surface area contributed by atoms with Crippen molar-refractivity contribution in [2.75, 3.05) is 7.11 Å². The van der Waals surface area contributed by atoms with E-state index in [1.165, 1.54) is 12.1 Å². The van der Waals surface area contributed by atoms with Crippen molar-refractivity contribution >= 4 is 16.4 Å². The van der Waals surface area contributed by atoms with E-state index in [0.717, 1.165) is 22.9 Å². The SMILES string of the molecule is COc1ccc(-c2cccc(Oc3ccc(C#N)cc3S(=O)(=O)NC=O)c2)cc1. The average molecular weight is 408 g/mol. The van der Waals surface area contributed by atoms with E-state index in [1.807, 2.05) is 36.4 Å². The number of nitrogens with one attached hydrogen (secondary N) is 1. The molecule has 0 aliphatic heterocycles. The number of methoxy groups -OCH3 is 1. The molecule has 7 nitrogen and oxygen atoms in total. The van der Waals surface area contributed by atoms with Crippen molar-refractivity contribution in [1.29, 1.82) is 5.26 Å². The lowest BCUT2D eigenvalue weighted by Crippen LogP contribution is -2.22. The molecule has 29 heavy (non-hydrogen) atoms. The molecule has 0 aliphatic rings. The Bertz CT molecular complexity index is 1180. The Morgan fingerprint density at radius 1 is 0.966 bits per heavy atom. The molecular weight excluding hydrogens is 392 g/mol. The fraction of sp³-hybridized carbons (Fsp3) is 0.0476. The number of hydrogen-bond acceptors (Lipinski definition) is 6. The number of rotatable bonds is 7. The minimum atomic E-state index is -4.17. The van der Waals surface area contributed by atoms with Crippen LogP contribution in [0.2, 0.25) is 0 Å². The van der Waals surface area contributed by atoms with Gasteiger partial charge >= 0.3 is 0 Å². The predicted octanol–water partition coefficient (Wildman–Crippen LogP) is 3.46. The van der Waals surface area contributed by atoms with Gasteiger partial charge in [-0.2, -0.15) is 5.26 Å². The first kappa shape index (κ1) is 19.9. The molecule has 0 aromatic heterocycles. The number of carbonyl (C=O) groups is 1. The van der Waals surface area contributed by atoms with Crippen LogP contribution in [0.15, 0.2) is 71.6 Å². The molecule has 0 spiro atoms. The molecule has 0 atom stereocenters. The van der Waals surface area contributed by atoms with Crippen LogP contribution in [0.3, 0.4) is 0 Å². The first-order chi connectivity index (χ1) is 14.0. The van der Waals surface area contributed by atoms with Crippen LogP contribution in [0, 0.1) is 11.3 Å². The van der Waals surface area contributed by atoms with Crippen molar-refractivity contribution < 1.29 is 22.7 Å². The smallest absolute Gasteiger partial charge is 0.267 e. The van der Waals surface area contributed by atoms with Crippen molar-refractivity contribution in [3.8, 4) is 34.4 Å². The third-order valence-electron chi connectivity index (χ3n) is 4.05. The summed E-state index contributed by atoms with van der Waals surface area (Å²) in [7, 11) is -2.58. The number of ether oxygens (including phenoxy) is 2. The Balaban J connectivity index is 1.98. The molecule has 0 fully saturated rings. The van der Waals surface area contributed by atoms with Crippen LogP contribution < -0.4 is 14.2 Å². The van der Waals surface area contributed by atoms with Gasteiger partial charge in [-0.25, -0.2) is 8.42 Å². The lowest BCUT2D eigenvalue weighted by atomic mass is 10.1. The van der Waals surface area contributed by atoms with Crippen LogP contribution in [0.1, 0.15) is 5.56 Å². The summed E-state index contributed by atoms with van der Waals surface area (Å²) in [6, 6.07) is 20.4. The van der Waals surface area contributed by atoms with Gasteiger partial charge in [0, 0.05) is 0 Å². The second-order valence-corrected chi connectivity index (χ2v) is 7.55. The summed E-state index contributed by atoms with van der Waals surface area (Å²) in [4.78, 5) is 10.4. The topological polar surface area (TPSA) is 105 Å². The van der Waals surface area contributed by atoms with Crippen LogP contribution in [0.4, 0.5) is 0 Å². The second kappa shape index (κ2) is 8.46. The first-order valence-electron chi connectivity index (χ1n) is 8.39. The van der Waals surface area contributed by atoms with Gasteiger partial charge in [0.25, 0.3) is 10.0 Å². The summed E-state index contributed by atoms with van der Waals surface area (Å²) < 4.78 is 37.3. The van der Waals surface area contributed by atoms with E-state index in [4.69, 9.17) is 14.7 Å². The lowest BCUT2D eigenvalue weighted by molar-refractivity contribution is -0.108. The quantitative estimate of drug-likeness (QED) is 0.600. The molecule has 0 saturated carbocycles. The molecule has 3 aromatic rings. The van der Waals surface area contributed by atoms with Crippen molar-refractivity contribution in [3.05, 3.63) is 72.3 Å². The fourth-order valence-corrected chi connectivity index (χ4v) is 3.56. The highest BCUT2D eigenvalue weighted by molar-refractivity contribution is 7.90. The summed E-state index contributed by atoms with van der Waals surface area (Å²) in [5.74, 6) is 1.12. The summed E-state index contributed by atoms with van der Waals surface area (Å²) in [5.41, 5.74) is 1.90. The molecule has 0 aliphatic carbocycles. The summed E-state index contributed by atoms with van der Waals surface area (Å²) >= 11 is 0. The van der Waals surface area contributed by atoms with Crippen LogP contribution >= 0.6 is 0 Å². The fourth-order valence-electron chi connectivity index (χ4n) is 2.65. The van der Waals surface area contributed by atoms with Crippen molar-refractivity contribution in [2.45, 2.75) is 4.90 Å². The van der Waals surface area contributed by atoms with Gasteiger partial charge < -0.3 is 9.47 Å².